The van der Waals surface area contributed by atoms with Crippen molar-refractivity contribution >= 4 is 53.3 Å². The molecule has 0 aromatic heterocycles. The first-order chi connectivity index (χ1) is 9.70. The molecule has 0 aliphatic rings. The van der Waals surface area contributed by atoms with Crippen LogP contribution < -0.4 is 10.5 Å². The van der Waals surface area contributed by atoms with Crippen LogP contribution in [-0.4, -0.2) is 8.42 Å². The zero-order valence-electron chi connectivity index (χ0n) is 10.8. The summed E-state index contributed by atoms with van der Waals surface area (Å²) < 4.78 is 41.5. The van der Waals surface area contributed by atoms with Crippen molar-refractivity contribution in [1.29, 1.82) is 0 Å². The number of hydrogen-bond acceptors (Lipinski definition) is 3. The predicted octanol–water partition coefficient (Wildman–Crippen LogP) is 4.04. The van der Waals surface area contributed by atoms with Crippen molar-refractivity contribution in [3.63, 3.8) is 0 Å². The molecular weight excluding hydrogens is 427 g/mol. The van der Waals surface area contributed by atoms with Gasteiger partial charge in [-0.2, -0.15) is 0 Å². The minimum Gasteiger partial charge on any atom is -0.399 e. The normalized spacial score (nSPS) is 11.4. The molecule has 0 spiro atoms. The van der Waals surface area contributed by atoms with Gasteiger partial charge in [0.05, 0.1) is 10.6 Å². The number of anilines is 2. The van der Waals surface area contributed by atoms with E-state index in [1.54, 1.807) is 19.1 Å². The van der Waals surface area contributed by atoms with Crippen LogP contribution in [0.2, 0.25) is 0 Å². The molecule has 0 aliphatic carbocycles. The van der Waals surface area contributed by atoms with Gasteiger partial charge in [0, 0.05) is 14.6 Å². The Morgan fingerprint density at radius 1 is 1.14 bits per heavy atom. The van der Waals surface area contributed by atoms with Crippen LogP contribution in [0.5, 0.6) is 0 Å². The average molecular weight is 438 g/mol. The van der Waals surface area contributed by atoms with Crippen molar-refractivity contribution in [3.8, 4) is 0 Å². The predicted molar refractivity (Wildman–Crippen MR) is 88.2 cm³/mol. The molecule has 4 nitrogen and oxygen atoms in total. The number of rotatable bonds is 3. The molecule has 0 radical (unpaired) electrons. The van der Waals surface area contributed by atoms with E-state index in [0.717, 1.165) is 6.07 Å². The van der Waals surface area contributed by atoms with Gasteiger partial charge >= 0.3 is 0 Å². The van der Waals surface area contributed by atoms with Crippen molar-refractivity contribution in [2.45, 2.75) is 11.8 Å². The Labute approximate surface area is 138 Å². The SMILES string of the molecule is Cc1ccc(F)cc1S(=O)(=O)Nc1c(Br)cc(N)cc1Br. The van der Waals surface area contributed by atoms with Crippen molar-refractivity contribution in [1.82, 2.24) is 0 Å². The summed E-state index contributed by atoms with van der Waals surface area (Å²) in [5.41, 5.74) is 6.88. The minimum atomic E-state index is -3.92. The Morgan fingerprint density at radius 3 is 2.29 bits per heavy atom. The number of nitrogen functional groups attached to an aromatic ring is 1. The highest BCUT2D eigenvalue weighted by molar-refractivity contribution is 9.11. The fraction of sp³-hybridized carbons (Fsp3) is 0.0769. The Balaban J connectivity index is 2.50. The van der Waals surface area contributed by atoms with Crippen LogP contribution in [0.4, 0.5) is 15.8 Å². The molecule has 2 aromatic rings. The summed E-state index contributed by atoms with van der Waals surface area (Å²) in [6, 6.07) is 6.75. The quantitative estimate of drug-likeness (QED) is 0.711. The molecule has 0 unspecified atom stereocenters. The summed E-state index contributed by atoms with van der Waals surface area (Å²) in [7, 11) is -3.92. The van der Waals surface area contributed by atoms with E-state index < -0.39 is 15.8 Å². The van der Waals surface area contributed by atoms with Gasteiger partial charge in [0.15, 0.2) is 0 Å². The van der Waals surface area contributed by atoms with Gasteiger partial charge in [0.25, 0.3) is 10.0 Å². The molecule has 0 aliphatic heterocycles. The van der Waals surface area contributed by atoms with Crippen LogP contribution in [0, 0.1) is 12.7 Å². The molecule has 8 heteroatoms. The number of aryl methyl sites for hydroxylation is 1. The van der Waals surface area contributed by atoms with Gasteiger partial charge in [-0.15, -0.1) is 0 Å². The fourth-order valence-corrected chi connectivity index (χ4v) is 4.78. The highest BCUT2D eigenvalue weighted by Gasteiger charge is 2.20. The van der Waals surface area contributed by atoms with E-state index in [4.69, 9.17) is 5.73 Å². The second kappa shape index (κ2) is 5.94. The molecule has 0 amide bonds. The summed E-state index contributed by atoms with van der Waals surface area (Å²) in [6.45, 7) is 1.60. The third kappa shape index (κ3) is 3.56. The van der Waals surface area contributed by atoms with Crippen LogP contribution in [0.25, 0.3) is 0 Å². The standard InChI is InChI=1S/C13H11Br2FN2O2S/c1-7-2-3-8(16)4-12(7)21(19,20)18-13-10(14)5-9(17)6-11(13)15/h2-6,18H,17H2,1H3. The van der Waals surface area contributed by atoms with Crippen molar-refractivity contribution in [2.24, 2.45) is 0 Å². The van der Waals surface area contributed by atoms with E-state index in [1.807, 2.05) is 0 Å². The monoisotopic (exact) mass is 436 g/mol. The first-order valence-electron chi connectivity index (χ1n) is 5.74. The first kappa shape index (κ1) is 16.3. The lowest BCUT2D eigenvalue weighted by atomic mass is 10.2. The molecule has 0 saturated carbocycles. The Bertz CT molecular complexity index is 787. The summed E-state index contributed by atoms with van der Waals surface area (Å²) in [5.74, 6) is -0.614. The van der Waals surface area contributed by atoms with E-state index in [1.165, 1.54) is 12.1 Å². The van der Waals surface area contributed by atoms with Gasteiger partial charge < -0.3 is 5.73 Å². The van der Waals surface area contributed by atoms with Gasteiger partial charge in [-0.3, -0.25) is 4.72 Å². The fourth-order valence-electron chi connectivity index (χ4n) is 1.74. The molecule has 3 N–H and O–H groups in total. The largest absolute Gasteiger partial charge is 0.399 e. The highest BCUT2D eigenvalue weighted by Crippen LogP contribution is 2.35. The zero-order chi connectivity index (χ0) is 15.8. The van der Waals surface area contributed by atoms with Crippen LogP contribution in [-0.2, 0) is 10.0 Å². The molecule has 2 aromatic carbocycles. The molecule has 2 rings (SSSR count). The number of nitrogens with two attached hydrogens (primary N) is 1. The smallest absolute Gasteiger partial charge is 0.262 e. The van der Waals surface area contributed by atoms with Crippen LogP contribution in [0.1, 0.15) is 5.56 Å². The lowest BCUT2D eigenvalue weighted by molar-refractivity contribution is 0.594. The maximum absolute atomic E-state index is 13.3. The molecule has 112 valence electrons. The molecular formula is C13H11Br2FN2O2S. The van der Waals surface area contributed by atoms with Crippen LogP contribution in [0.15, 0.2) is 44.2 Å². The minimum absolute atomic E-state index is 0.113. The average Bonchev–Trinajstić information content (AvgIpc) is 2.36. The summed E-state index contributed by atoms with van der Waals surface area (Å²) in [6.07, 6.45) is 0. The molecule has 0 bridgehead atoms. The third-order valence-electron chi connectivity index (χ3n) is 2.74. The maximum atomic E-state index is 13.3. The molecule has 0 saturated heterocycles. The van der Waals surface area contributed by atoms with Crippen molar-refractivity contribution in [3.05, 3.63) is 50.7 Å². The summed E-state index contributed by atoms with van der Waals surface area (Å²) in [5, 5.41) is 0. The second-order valence-corrected chi connectivity index (χ2v) is 7.73. The Hall–Kier alpha value is -1.12. The van der Waals surface area contributed by atoms with E-state index in [2.05, 4.69) is 36.6 Å². The lowest BCUT2D eigenvalue weighted by Crippen LogP contribution is -2.15. The number of benzene rings is 2. The lowest BCUT2D eigenvalue weighted by Gasteiger charge is -2.14. The Kier molecular flexibility index (Phi) is 4.60. The number of hydrogen-bond donors (Lipinski definition) is 2. The second-order valence-electron chi connectivity index (χ2n) is 4.37. The summed E-state index contributed by atoms with van der Waals surface area (Å²) >= 11 is 6.49. The van der Waals surface area contributed by atoms with E-state index >= 15 is 0 Å². The van der Waals surface area contributed by atoms with Gasteiger partial charge in [-0.1, -0.05) is 6.07 Å². The van der Waals surface area contributed by atoms with Crippen molar-refractivity contribution < 1.29 is 12.8 Å². The van der Waals surface area contributed by atoms with Crippen LogP contribution in [0.3, 0.4) is 0 Å². The van der Waals surface area contributed by atoms with E-state index in [9.17, 15) is 12.8 Å². The number of nitrogens with one attached hydrogen (secondary N) is 1. The van der Waals surface area contributed by atoms with Gasteiger partial charge in [0.2, 0.25) is 0 Å². The van der Waals surface area contributed by atoms with E-state index in [-0.39, 0.29) is 4.90 Å². The van der Waals surface area contributed by atoms with Crippen molar-refractivity contribution in [2.75, 3.05) is 10.5 Å². The maximum Gasteiger partial charge on any atom is 0.262 e. The molecule has 21 heavy (non-hydrogen) atoms. The van der Waals surface area contributed by atoms with Gasteiger partial charge in [0.1, 0.15) is 5.82 Å². The van der Waals surface area contributed by atoms with Gasteiger partial charge in [-0.25, -0.2) is 12.8 Å². The van der Waals surface area contributed by atoms with E-state index in [0.29, 0.717) is 25.9 Å². The third-order valence-corrected chi connectivity index (χ3v) is 5.48. The number of sulfonamides is 1. The molecule has 0 atom stereocenters. The zero-order valence-corrected chi connectivity index (χ0v) is 14.8. The number of halogens is 3. The Morgan fingerprint density at radius 2 is 1.71 bits per heavy atom. The topological polar surface area (TPSA) is 72.2 Å². The first-order valence-corrected chi connectivity index (χ1v) is 8.81. The van der Waals surface area contributed by atoms with Crippen LogP contribution >= 0.6 is 31.9 Å². The summed E-state index contributed by atoms with van der Waals surface area (Å²) in [4.78, 5) is -0.113. The highest BCUT2D eigenvalue weighted by atomic mass is 79.9. The molecule has 0 fully saturated rings. The van der Waals surface area contributed by atoms with Gasteiger partial charge in [-0.05, 0) is 68.6 Å². The molecule has 0 heterocycles.